The van der Waals surface area contributed by atoms with Gasteiger partial charge in [-0.15, -0.1) is 0 Å². The Morgan fingerprint density at radius 2 is 1.94 bits per heavy atom. The fourth-order valence-electron chi connectivity index (χ4n) is 6.31. The summed E-state index contributed by atoms with van der Waals surface area (Å²) in [4.78, 5) is 18.1. The molecule has 1 saturated heterocycles. The van der Waals surface area contributed by atoms with Crippen molar-refractivity contribution in [3.05, 3.63) is 71.6 Å². The second kappa shape index (κ2) is 8.25. The molecule has 1 saturated carbocycles. The Morgan fingerprint density at radius 1 is 1.14 bits per heavy atom. The van der Waals surface area contributed by atoms with Crippen LogP contribution in [0, 0.1) is 17.1 Å². The fraction of sp³-hybridized carbons (Fsp3) is 0.429. The molecule has 3 N–H and O–H groups in total. The summed E-state index contributed by atoms with van der Waals surface area (Å²) in [6.07, 6.45) is 7.75. The van der Waals surface area contributed by atoms with Crippen LogP contribution in [0.2, 0.25) is 0 Å². The third-order valence-corrected chi connectivity index (χ3v) is 8.93. The number of nitrogens with one attached hydrogen (secondary N) is 1. The van der Waals surface area contributed by atoms with Gasteiger partial charge in [0, 0.05) is 36.7 Å². The summed E-state index contributed by atoms with van der Waals surface area (Å²) in [6, 6.07) is 11.0. The number of benzene rings is 1. The third-order valence-electron chi connectivity index (χ3n) is 8.93. The number of piperidine rings is 1. The van der Waals surface area contributed by atoms with Gasteiger partial charge in [-0.3, -0.25) is 10.4 Å². The number of hydrogen-bond acceptors (Lipinski definition) is 6. The molecule has 0 bridgehead atoms. The number of hydrogen-bond donors (Lipinski definition) is 2. The minimum absolute atomic E-state index is 0.0415. The van der Waals surface area contributed by atoms with Crippen LogP contribution in [0.1, 0.15) is 56.5 Å². The topological polar surface area (TPSA) is 95.0 Å². The molecule has 1 spiro atoms. The fourth-order valence-corrected chi connectivity index (χ4v) is 6.31. The lowest BCUT2D eigenvalue weighted by molar-refractivity contribution is 0.252. The first kappa shape index (κ1) is 22.9. The molecule has 186 valence electrons. The average Bonchev–Trinajstić information content (AvgIpc) is 3.22. The van der Waals surface area contributed by atoms with Crippen LogP contribution in [0.4, 0.5) is 21.7 Å². The molecule has 2 aromatic heterocycles. The van der Waals surface area contributed by atoms with E-state index in [0.717, 1.165) is 55.8 Å². The third kappa shape index (κ3) is 3.38. The average molecular weight is 486 g/mol. The standard InChI is InChI=1S/C28H32FN7/c1-18-16-35(14-12-27(18,2)19-7-3-4-8-20(19)29)22-15-33-23(25(30)34-22)26(31)36-17-28(10-6-11-28)24-21(36)9-5-13-32-24/h3-5,7-9,13,15,18,31H,6,10-12,14,16-17H2,1-2H3,(H2,30,34)/t18?,27-/m0/s1. The van der Waals surface area contributed by atoms with Gasteiger partial charge in [0.25, 0.3) is 0 Å². The van der Waals surface area contributed by atoms with Crippen LogP contribution in [0.25, 0.3) is 0 Å². The smallest absolute Gasteiger partial charge is 0.155 e. The second-order valence-corrected chi connectivity index (χ2v) is 10.9. The number of fused-ring (bicyclic) bond motifs is 2. The molecular weight excluding hydrogens is 453 g/mol. The van der Waals surface area contributed by atoms with Crippen molar-refractivity contribution in [2.24, 2.45) is 5.92 Å². The normalized spacial score (nSPS) is 24.5. The van der Waals surface area contributed by atoms with Crippen molar-refractivity contribution in [3.63, 3.8) is 0 Å². The van der Waals surface area contributed by atoms with Crippen LogP contribution < -0.4 is 15.5 Å². The Labute approximate surface area is 211 Å². The summed E-state index contributed by atoms with van der Waals surface area (Å²) in [6.45, 7) is 6.50. The molecule has 1 unspecified atom stereocenters. The van der Waals surface area contributed by atoms with Crippen LogP contribution in [-0.4, -0.2) is 40.4 Å². The Bertz CT molecular complexity index is 1340. The first-order valence-electron chi connectivity index (χ1n) is 12.8. The van der Waals surface area contributed by atoms with Crippen molar-refractivity contribution >= 4 is 23.2 Å². The zero-order valence-corrected chi connectivity index (χ0v) is 20.8. The Hall–Kier alpha value is -3.55. The lowest BCUT2D eigenvalue weighted by Crippen LogP contribution is -2.48. The quantitative estimate of drug-likeness (QED) is 0.414. The minimum atomic E-state index is -0.252. The van der Waals surface area contributed by atoms with E-state index < -0.39 is 0 Å². The minimum Gasteiger partial charge on any atom is -0.382 e. The lowest BCUT2D eigenvalue weighted by atomic mass is 9.67. The van der Waals surface area contributed by atoms with E-state index in [-0.39, 0.29) is 34.2 Å². The molecule has 2 aliphatic heterocycles. The first-order valence-corrected chi connectivity index (χ1v) is 12.8. The van der Waals surface area contributed by atoms with Gasteiger partial charge in [0.15, 0.2) is 11.7 Å². The number of anilines is 3. The zero-order chi connectivity index (χ0) is 25.1. The number of aromatic nitrogens is 3. The molecule has 36 heavy (non-hydrogen) atoms. The molecule has 1 aromatic carbocycles. The summed E-state index contributed by atoms with van der Waals surface area (Å²) in [5.41, 5.74) is 9.42. The molecule has 8 heteroatoms. The lowest BCUT2D eigenvalue weighted by Gasteiger charge is -2.45. The van der Waals surface area contributed by atoms with Gasteiger partial charge in [-0.2, -0.15) is 0 Å². The summed E-state index contributed by atoms with van der Waals surface area (Å²) in [5, 5.41) is 8.96. The van der Waals surface area contributed by atoms with Gasteiger partial charge in [-0.05, 0) is 48.9 Å². The van der Waals surface area contributed by atoms with E-state index in [9.17, 15) is 4.39 Å². The molecule has 0 amide bonds. The maximum Gasteiger partial charge on any atom is 0.155 e. The van der Waals surface area contributed by atoms with Crippen LogP contribution in [-0.2, 0) is 10.8 Å². The van der Waals surface area contributed by atoms with E-state index in [1.807, 2.05) is 35.4 Å². The van der Waals surface area contributed by atoms with E-state index in [1.54, 1.807) is 18.3 Å². The zero-order valence-electron chi connectivity index (χ0n) is 20.8. The highest BCUT2D eigenvalue weighted by Gasteiger charge is 2.49. The Balaban J connectivity index is 1.22. The van der Waals surface area contributed by atoms with E-state index >= 15 is 0 Å². The molecule has 3 aromatic rings. The summed E-state index contributed by atoms with van der Waals surface area (Å²) < 4.78 is 14.6. The number of rotatable bonds is 3. The molecule has 6 rings (SSSR count). The van der Waals surface area contributed by atoms with Crippen molar-refractivity contribution in [2.45, 2.75) is 50.4 Å². The predicted molar refractivity (Wildman–Crippen MR) is 140 cm³/mol. The predicted octanol–water partition coefficient (Wildman–Crippen LogP) is 4.66. The number of halogens is 1. The maximum absolute atomic E-state index is 14.6. The van der Waals surface area contributed by atoms with E-state index in [4.69, 9.17) is 11.1 Å². The number of amidine groups is 1. The SMILES string of the molecule is CC1CN(c2cnc(C(=N)N3CC4(CCC4)c4ncccc43)c(N)n2)CC[C@]1(C)c1ccccc1F. The van der Waals surface area contributed by atoms with Crippen molar-refractivity contribution < 1.29 is 4.39 Å². The van der Waals surface area contributed by atoms with Crippen LogP contribution in [0.5, 0.6) is 0 Å². The number of pyridine rings is 1. The highest BCUT2D eigenvalue weighted by atomic mass is 19.1. The number of nitrogens with zero attached hydrogens (tertiary/aromatic N) is 5. The van der Waals surface area contributed by atoms with Gasteiger partial charge in [-0.25, -0.2) is 14.4 Å². The van der Waals surface area contributed by atoms with E-state index in [1.165, 1.54) is 6.42 Å². The van der Waals surface area contributed by atoms with Crippen LogP contribution in [0.15, 0.2) is 48.8 Å². The van der Waals surface area contributed by atoms with Gasteiger partial charge >= 0.3 is 0 Å². The van der Waals surface area contributed by atoms with Crippen molar-refractivity contribution in [2.75, 3.05) is 35.2 Å². The van der Waals surface area contributed by atoms with Gasteiger partial charge in [0.1, 0.15) is 17.3 Å². The van der Waals surface area contributed by atoms with Gasteiger partial charge in [-0.1, -0.05) is 38.5 Å². The van der Waals surface area contributed by atoms with Crippen molar-refractivity contribution in [1.82, 2.24) is 15.0 Å². The van der Waals surface area contributed by atoms with Gasteiger partial charge in [0.05, 0.1) is 17.6 Å². The van der Waals surface area contributed by atoms with E-state index in [0.29, 0.717) is 11.5 Å². The largest absolute Gasteiger partial charge is 0.382 e. The number of nitrogen functional groups attached to an aromatic ring is 1. The van der Waals surface area contributed by atoms with Crippen LogP contribution >= 0.6 is 0 Å². The van der Waals surface area contributed by atoms with Crippen molar-refractivity contribution in [3.8, 4) is 0 Å². The summed E-state index contributed by atoms with van der Waals surface area (Å²) >= 11 is 0. The first-order chi connectivity index (χ1) is 17.3. The summed E-state index contributed by atoms with van der Waals surface area (Å²) in [7, 11) is 0. The Morgan fingerprint density at radius 3 is 2.64 bits per heavy atom. The van der Waals surface area contributed by atoms with Crippen LogP contribution in [0.3, 0.4) is 0 Å². The van der Waals surface area contributed by atoms with E-state index in [2.05, 4.69) is 33.7 Å². The van der Waals surface area contributed by atoms with Gasteiger partial charge in [0.2, 0.25) is 0 Å². The van der Waals surface area contributed by atoms with Gasteiger partial charge < -0.3 is 15.5 Å². The molecule has 2 fully saturated rings. The molecule has 7 nitrogen and oxygen atoms in total. The molecule has 1 aliphatic carbocycles. The molecule has 2 atom stereocenters. The maximum atomic E-state index is 14.6. The van der Waals surface area contributed by atoms with Crippen molar-refractivity contribution in [1.29, 1.82) is 5.41 Å². The molecule has 4 heterocycles. The molecule has 0 radical (unpaired) electrons. The number of nitrogens with two attached hydrogens (primary N) is 1. The molecule has 3 aliphatic rings. The molecular formula is C28H32FN7. The highest BCUT2D eigenvalue weighted by Crippen LogP contribution is 2.51. The highest BCUT2D eigenvalue weighted by molar-refractivity contribution is 6.10. The summed E-state index contributed by atoms with van der Waals surface area (Å²) in [5.74, 6) is 1.28. The monoisotopic (exact) mass is 485 g/mol. The Kier molecular flexibility index (Phi) is 5.24. The second-order valence-electron chi connectivity index (χ2n) is 10.9.